The SMILES string of the molecule is O=C1NCc2nc(Br)cnc2N1. The van der Waals surface area contributed by atoms with Crippen molar-refractivity contribution in [3.63, 3.8) is 0 Å². The Balaban J connectivity index is 2.43. The Hall–Kier alpha value is -1.17. The number of anilines is 1. The van der Waals surface area contributed by atoms with Crippen LogP contribution in [-0.4, -0.2) is 16.0 Å². The zero-order valence-electron chi connectivity index (χ0n) is 5.97. The summed E-state index contributed by atoms with van der Waals surface area (Å²) >= 11 is 3.19. The first-order valence-corrected chi connectivity index (χ1v) is 4.11. The molecule has 1 aromatic rings. The third kappa shape index (κ3) is 1.25. The van der Waals surface area contributed by atoms with Crippen molar-refractivity contribution in [1.29, 1.82) is 0 Å². The summed E-state index contributed by atoms with van der Waals surface area (Å²) in [5, 5.41) is 5.13. The van der Waals surface area contributed by atoms with Gasteiger partial charge in [-0.15, -0.1) is 0 Å². The van der Waals surface area contributed by atoms with Gasteiger partial charge in [-0.05, 0) is 15.9 Å². The van der Waals surface area contributed by atoms with Gasteiger partial charge in [-0.3, -0.25) is 5.32 Å². The molecule has 0 aromatic carbocycles. The molecule has 0 atom stereocenters. The molecule has 0 bridgehead atoms. The molecule has 0 radical (unpaired) electrons. The van der Waals surface area contributed by atoms with Gasteiger partial charge in [0.05, 0.1) is 12.7 Å². The second kappa shape index (κ2) is 2.71. The van der Waals surface area contributed by atoms with E-state index < -0.39 is 0 Å². The van der Waals surface area contributed by atoms with Crippen LogP contribution in [0.3, 0.4) is 0 Å². The fraction of sp³-hybridized carbons (Fsp3) is 0.167. The highest BCUT2D eigenvalue weighted by Crippen LogP contribution is 2.15. The van der Waals surface area contributed by atoms with Crippen molar-refractivity contribution in [1.82, 2.24) is 15.3 Å². The normalized spacial score (nSPS) is 14.6. The highest BCUT2D eigenvalue weighted by Gasteiger charge is 2.15. The van der Waals surface area contributed by atoms with Gasteiger partial charge in [0.15, 0.2) is 5.82 Å². The van der Waals surface area contributed by atoms with Gasteiger partial charge in [0.2, 0.25) is 0 Å². The Labute approximate surface area is 76.7 Å². The van der Waals surface area contributed by atoms with Crippen LogP contribution in [0.2, 0.25) is 0 Å². The van der Waals surface area contributed by atoms with E-state index in [2.05, 4.69) is 36.5 Å². The minimum atomic E-state index is -0.237. The first-order chi connectivity index (χ1) is 5.75. The van der Waals surface area contributed by atoms with E-state index >= 15 is 0 Å². The maximum Gasteiger partial charge on any atom is 0.320 e. The van der Waals surface area contributed by atoms with Gasteiger partial charge in [-0.1, -0.05) is 0 Å². The van der Waals surface area contributed by atoms with Gasteiger partial charge in [0.1, 0.15) is 10.3 Å². The molecule has 12 heavy (non-hydrogen) atoms. The summed E-state index contributed by atoms with van der Waals surface area (Å²) in [6.45, 7) is 0.424. The van der Waals surface area contributed by atoms with Crippen molar-refractivity contribution in [2.75, 3.05) is 5.32 Å². The molecule has 5 nitrogen and oxygen atoms in total. The quantitative estimate of drug-likeness (QED) is 0.693. The largest absolute Gasteiger partial charge is 0.332 e. The van der Waals surface area contributed by atoms with E-state index in [0.717, 1.165) is 5.69 Å². The number of hydrogen-bond donors (Lipinski definition) is 2. The number of amides is 2. The summed E-state index contributed by atoms with van der Waals surface area (Å²) in [5.74, 6) is 0.530. The summed E-state index contributed by atoms with van der Waals surface area (Å²) < 4.78 is 0.666. The monoisotopic (exact) mass is 228 g/mol. The number of nitrogens with zero attached hydrogens (tertiary/aromatic N) is 2. The molecule has 0 aliphatic carbocycles. The van der Waals surface area contributed by atoms with Crippen LogP contribution >= 0.6 is 15.9 Å². The number of aromatic nitrogens is 2. The lowest BCUT2D eigenvalue weighted by atomic mass is 10.3. The van der Waals surface area contributed by atoms with E-state index in [4.69, 9.17) is 0 Å². The molecule has 0 unspecified atom stereocenters. The Morgan fingerprint density at radius 1 is 1.58 bits per heavy atom. The van der Waals surface area contributed by atoms with Crippen LogP contribution in [-0.2, 0) is 6.54 Å². The number of fused-ring (bicyclic) bond motifs is 1. The summed E-state index contributed by atoms with van der Waals surface area (Å²) in [6.07, 6.45) is 1.55. The summed E-state index contributed by atoms with van der Waals surface area (Å²) in [6, 6.07) is -0.237. The van der Waals surface area contributed by atoms with E-state index in [0.29, 0.717) is 17.0 Å². The maximum absolute atomic E-state index is 10.8. The zero-order chi connectivity index (χ0) is 8.55. The summed E-state index contributed by atoms with van der Waals surface area (Å²) in [4.78, 5) is 18.9. The van der Waals surface area contributed by atoms with Gasteiger partial charge in [0.25, 0.3) is 0 Å². The minimum Gasteiger partial charge on any atom is -0.332 e. The molecular formula is C6H5BrN4O. The van der Waals surface area contributed by atoms with E-state index in [1.165, 1.54) is 0 Å². The molecule has 2 heterocycles. The Kier molecular flexibility index (Phi) is 1.69. The van der Waals surface area contributed by atoms with E-state index in [9.17, 15) is 4.79 Å². The lowest BCUT2D eigenvalue weighted by Crippen LogP contribution is -2.34. The maximum atomic E-state index is 10.8. The van der Waals surface area contributed by atoms with Crippen LogP contribution in [0.4, 0.5) is 10.6 Å². The van der Waals surface area contributed by atoms with Crippen molar-refractivity contribution >= 4 is 27.8 Å². The topological polar surface area (TPSA) is 66.9 Å². The first-order valence-electron chi connectivity index (χ1n) is 3.32. The third-order valence-corrected chi connectivity index (χ3v) is 1.85. The fourth-order valence-corrected chi connectivity index (χ4v) is 1.26. The predicted molar refractivity (Wildman–Crippen MR) is 45.6 cm³/mol. The van der Waals surface area contributed by atoms with Crippen LogP contribution in [0, 0.1) is 0 Å². The average molecular weight is 229 g/mol. The standard InChI is InChI=1S/C6H5BrN4O/c7-4-2-8-5-3(10-4)1-9-6(12)11-5/h2H,1H2,(H2,8,9,11,12). The number of rotatable bonds is 0. The van der Waals surface area contributed by atoms with Crippen molar-refractivity contribution < 1.29 is 4.79 Å². The van der Waals surface area contributed by atoms with Gasteiger partial charge in [-0.25, -0.2) is 14.8 Å². The van der Waals surface area contributed by atoms with E-state index in [1.54, 1.807) is 6.20 Å². The molecular weight excluding hydrogens is 224 g/mol. The second-order valence-corrected chi connectivity index (χ2v) is 3.11. The zero-order valence-corrected chi connectivity index (χ0v) is 7.55. The van der Waals surface area contributed by atoms with Crippen LogP contribution < -0.4 is 10.6 Å². The van der Waals surface area contributed by atoms with Crippen molar-refractivity contribution in [2.24, 2.45) is 0 Å². The smallest absolute Gasteiger partial charge is 0.320 e. The Morgan fingerprint density at radius 2 is 2.42 bits per heavy atom. The number of nitrogens with one attached hydrogen (secondary N) is 2. The first kappa shape index (κ1) is 7.48. The second-order valence-electron chi connectivity index (χ2n) is 2.30. The fourth-order valence-electron chi connectivity index (χ4n) is 0.946. The van der Waals surface area contributed by atoms with Crippen molar-refractivity contribution in [2.45, 2.75) is 6.54 Å². The average Bonchev–Trinajstić information content (AvgIpc) is 2.05. The highest BCUT2D eigenvalue weighted by atomic mass is 79.9. The van der Waals surface area contributed by atoms with Crippen LogP contribution in [0.25, 0.3) is 0 Å². The molecule has 2 rings (SSSR count). The van der Waals surface area contributed by atoms with Crippen molar-refractivity contribution in [3.05, 3.63) is 16.5 Å². The highest BCUT2D eigenvalue weighted by molar-refractivity contribution is 9.10. The molecule has 0 fully saturated rings. The minimum absolute atomic E-state index is 0.237. The molecule has 0 saturated carbocycles. The van der Waals surface area contributed by atoms with E-state index in [1.807, 2.05) is 0 Å². The predicted octanol–water partition coefficient (Wildman–Crippen LogP) is 0.874. The molecule has 0 spiro atoms. The number of carbonyl (C=O) groups is 1. The number of halogens is 1. The summed E-state index contributed by atoms with van der Waals surface area (Å²) in [5.41, 5.74) is 0.740. The van der Waals surface area contributed by atoms with Crippen LogP contribution in [0.15, 0.2) is 10.8 Å². The van der Waals surface area contributed by atoms with Gasteiger partial charge < -0.3 is 5.32 Å². The van der Waals surface area contributed by atoms with Gasteiger partial charge >= 0.3 is 6.03 Å². The van der Waals surface area contributed by atoms with E-state index in [-0.39, 0.29) is 6.03 Å². The molecule has 2 amide bonds. The van der Waals surface area contributed by atoms with Crippen LogP contribution in [0.5, 0.6) is 0 Å². The van der Waals surface area contributed by atoms with Gasteiger partial charge in [0, 0.05) is 0 Å². The summed E-state index contributed by atoms with van der Waals surface area (Å²) in [7, 11) is 0. The third-order valence-electron chi connectivity index (χ3n) is 1.46. The lowest BCUT2D eigenvalue weighted by Gasteiger charge is -2.15. The molecule has 2 N–H and O–H groups in total. The Morgan fingerprint density at radius 3 is 3.25 bits per heavy atom. The van der Waals surface area contributed by atoms with Gasteiger partial charge in [-0.2, -0.15) is 0 Å². The molecule has 1 aliphatic heterocycles. The molecule has 1 aliphatic rings. The van der Waals surface area contributed by atoms with Crippen molar-refractivity contribution in [3.8, 4) is 0 Å². The molecule has 0 saturated heterocycles. The molecule has 1 aromatic heterocycles. The number of hydrogen-bond acceptors (Lipinski definition) is 3. The van der Waals surface area contributed by atoms with Crippen LogP contribution in [0.1, 0.15) is 5.69 Å². The molecule has 6 heteroatoms. The Bertz CT molecular complexity index is 340. The number of urea groups is 1. The molecule has 62 valence electrons. The lowest BCUT2D eigenvalue weighted by molar-refractivity contribution is 0.250. The number of carbonyl (C=O) groups excluding carboxylic acids is 1.